The first-order chi connectivity index (χ1) is 9.48. The van der Waals surface area contributed by atoms with E-state index in [0.29, 0.717) is 29.8 Å². The average Bonchev–Trinajstić information content (AvgIpc) is 2.66. The molecular formula is C14H23ClN2O2S. The third-order valence-corrected chi connectivity index (χ3v) is 6.38. The lowest BCUT2D eigenvalue weighted by Crippen LogP contribution is -2.31. The van der Waals surface area contributed by atoms with Gasteiger partial charge in [-0.15, -0.1) is 11.6 Å². The third kappa shape index (κ3) is 3.21. The molecule has 1 atom stereocenters. The molecule has 1 unspecified atom stereocenters. The van der Waals surface area contributed by atoms with Gasteiger partial charge in [0, 0.05) is 32.0 Å². The molecule has 1 aliphatic rings. The molecule has 0 aromatic carbocycles. The number of alkyl halides is 1. The molecule has 0 spiro atoms. The summed E-state index contributed by atoms with van der Waals surface area (Å²) in [7, 11) is -1.55. The Morgan fingerprint density at radius 1 is 1.35 bits per heavy atom. The molecule has 0 saturated carbocycles. The molecule has 20 heavy (non-hydrogen) atoms. The van der Waals surface area contributed by atoms with E-state index in [0.717, 1.165) is 31.4 Å². The topological polar surface area (TPSA) is 42.3 Å². The van der Waals surface area contributed by atoms with Crippen molar-refractivity contribution in [3.63, 3.8) is 0 Å². The van der Waals surface area contributed by atoms with Crippen LogP contribution < -0.4 is 0 Å². The lowest BCUT2D eigenvalue weighted by molar-refractivity contribution is 0.407. The highest BCUT2D eigenvalue weighted by molar-refractivity contribution is 7.89. The molecule has 0 aliphatic carbocycles. The molecule has 4 nitrogen and oxygen atoms in total. The van der Waals surface area contributed by atoms with Crippen molar-refractivity contribution in [1.29, 1.82) is 0 Å². The first-order valence-electron chi connectivity index (χ1n) is 7.20. The van der Waals surface area contributed by atoms with Crippen molar-refractivity contribution in [2.24, 2.45) is 13.0 Å². The van der Waals surface area contributed by atoms with Crippen LogP contribution in [0.1, 0.15) is 38.3 Å². The molecule has 1 saturated heterocycles. The minimum absolute atomic E-state index is 0.323. The van der Waals surface area contributed by atoms with E-state index in [1.165, 1.54) is 0 Å². The Labute approximate surface area is 126 Å². The van der Waals surface area contributed by atoms with Crippen LogP contribution in [0.25, 0.3) is 0 Å². The maximum absolute atomic E-state index is 12.7. The monoisotopic (exact) mass is 318 g/mol. The summed E-state index contributed by atoms with van der Waals surface area (Å²) in [6.07, 6.45) is 5.84. The SMILES string of the molecule is CCC1CCCN(S(=O)(=O)c2cc(CCl)n(C)c2)CC1. The van der Waals surface area contributed by atoms with Gasteiger partial charge >= 0.3 is 0 Å². The van der Waals surface area contributed by atoms with E-state index < -0.39 is 10.0 Å². The van der Waals surface area contributed by atoms with Crippen LogP contribution in [0.15, 0.2) is 17.2 Å². The van der Waals surface area contributed by atoms with Crippen LogP contribution in [0.4, 0.5) is 0 Å². The number of halogens is 1. The molecule has 2 rings (SSSR count). The largest absolute Gasteiger partial charge is 0.352 e. The van der Waals surface area contributed by atoms with Crippen LogP contribution in [0, 0.1) is 5.92 Å². The van der Waals surface area contributed by atoms with Gasteiger partial charge in [-0.2, -0.15) is 4.31 Å². The van der Waals surface area contributed by atoms with Crippen molar-refractivity contribution in [2.75, 3.05) is 13.1 Å². The van der Waals surface area contributed by atoms with Crippen molar-refractivity contribution in [3.8, 4) is 0 Å². The summed E-state index contributed by atoms with van der Waals surface area (Å²) in [6, 6.07) is 1.69. The summed E-state index contributed by atoms with van der Waals surface area (Å²) >= 11 is 5.82. The Morgan fingerprint density at radius 2 is 2.10 bits per heavy atom. The van der Waals surface area contributed by atoms with Crippen molar-refractivity contribution in [2.45, 2.75) is 43.4 Å². The quantitative estimate of drug-likeness (QED) is 0.801. The maximum atomic E-state index is 12.7. The zero-order valence-corrected chi connectivity index (χ0v) is 13.8. The second kappa shape index (κ2) is 6.50. The molecule has 0 radical (unpaired) electrons. The first-order valence-corrected chi connectivity index (χ1v) is 9.17. The summed E-state index contributed by atoms with van der Waals surface area (Å²) in [5.41, 5.74) is 0.825. The van der Waals surface area contributed by atoms with Gasteiger partial charge in [-0.1, -0.05) is 13.3 Å². The Hall–Kier alpha value is -0.520. The molecule has 1 fully saturated rings. The fourth-order valence-corrected chi connectivity index (χ4v) is 4.64. The summed E-state index contributed by atoms with van der Waals surface area (Å²) in [6.45, 7) is 3.44. The highest BCUT2D eigenvalue weighted by Gasteiger charge is 2.28. The van der Waals surface area contributed by atoms with Gasteiger partial charge in [-0.25, -0.2) is 8.42 Å². The van der Waals surface area contributed by atoms with E-state index >= 15 is 0 Å². The fraction of sp³-hybridized carbons (Fsp3) is 0.714. The molecule has 6 heteroatoms. The predicted molar refractivity (Wildman–Crippen MR) is 81.4 cm³/mol. The molecule has 1 aliphatic heterocycles. The van der Waals surface area contributed by atoms with Crippen LogP contribution in [-0.4, -0.2) is 30.4 Å². The van der Waals surface area contributed by atoms with E-state index in [-0.39, 0.29) is 0 Å². The number of nitrogens with zero attached hydrogens (tertiary/aromatic N) is 2. The maximum Gasteiger partial charge on any atom is 0.244 e. The van der Waals surface area contributed by atoms with E-state index in [4.69, 9.17) is 11.6 Å². The van der Waals surface area contributed by atoms with Gasteiger partial charge in [0.2, 0.25) is 10.0 Å². The Morgan fingerprint density at radius 3 is 2.70 bits per heavy atom. The van der Waals surface area contributed by atoms with Crippen LogP contribution in [0.2, 0.25) is 0 Å². The second-order valence-corrected chi connectivity index (χ2v) is 7.73. The van der Waals surface area contributed by atoms with Gasteiger partial charge in [0.05, 0.1) is 5.88 Å². The van der Waals surface area contributed by atoms with Gasteiger partial charge < -0.3 is 4.57 Å². The summed E-state index contributed by atoms with van der Waals surface area (Å²) in [5, 5.41) is 0. The van der Waals surface area contributed by atoms with Crippen LogP contribution in [-0.2, 0) is 23.0 Å². The van der Waals surface area contributed by atoms with Gasteiger partial charge in [0.25, 0.3) is 0 Å². The standard InChI is InChI=1S/C14H23ClN2O2S/c1-3-12-5-4-7-17(8-6-12)20(18,19)14-9-13(10-15)16(2)11-14/h9,11-12H,3-8,10H2,1-2H3. The minimum Gasteiger partial charge on any atom is -0.352 e. The van der Waals surface area contributed by atoms with E-state index in [1.807, 2.05) is 7.05 Å². The number of aromatic nitrogens is 1. The normalized spacial score (nSPS) is 21.9. The second-order valence-electron chi connectivity index (χ2n) is 5.52. The Kier molecular flexibility index (Phi) is 5.15. The minimum atomic E-state index is -3.37. The van der Waals surface area contributed by atoms with Gasteiger partial charge in [-0.3, -0.25) is 0 Å². The predicted octanol–water partition coefficient (Wildman–Crippen LogP) is 2.96. The van der Waals surface area contributed by atoms with Gasteiger partial charge in [0.1, 0.15) is 4.90 Å². The zero-order chi connectivity index (χ0) is 14.8. The average molecular weight is 319 g/mol. The number of hydrogen-bond acceptors (Lipinski definition) is 2. The highest BCUT2D eigenvalue weighted by atomic mass is 35.5. The Balaban J connectivity index is 2.21. The van der Waals surface area contributed by atoms with Crippen molar-refractivity contribution in [3.05, 3.63) is 18.0 Å². The number of rotatable bonds is 4. The highest BCUT2D eigenvalue weighted by Crippen LogP contribution is 2.25. The van der Waals surface area contributed by atoms with Crippen molar-refractivity contribution >= 4 is 21.6 Å². The van der Waals surface area contributed by atoms with Crippen molar-refractivity contribution < 1.29 is 8.42 Å². The Bertz CT molecular complexity index is 554. The smallest absolute Gasteiger partial charge is 0.244 e. The van der Waals surface area contributed by atoms with Crippen LogP contribution >= 0.6 is 11.6 Å². The third-order valence-electron chi connectivity index (χ3n) is 4.24. The first kappa shape index (κ1) is 15.9. The molecule has 0 bridgehead atoms. The van der Waals surface area contributed by atoms with Crippen molar-refractivity contribution in [1.82, 2.24) is 8.87 Å². The lowest BCUT2D eigenvalue weighted by atomic mass is 9.98. The van der Waals surface area contributed by atoms with E-state index in [9.17, 15) is 8.42 Å². The van der Waals surface area contributed by atoms with Crippen LogP contribution in [0.5, 0.6) is 0 Å². The number of hydrogen-bond donors (Lipinski definition) is 0. The molecule has 2 heterocycles. The fourth-order valence-electron chi connectivity index (χ4n) is 2.79. The van der Waals surface area contributed by atoms with E-state index in [1.54, 1.807) is 21.1 Å². The van der Waals surface area contributed by atoms with Crippen LogP contribution in [0.3, 0.4) is 0 Å². The molecule has 0 N–H and O–H groups in total. The summed E-state index contributed by atoms with van der Waals surface area (Å²) in [5.74, 6) is 0.980. The van der Waals surface area contributed by atoms with E-state index in [2.05, 4.69) is 6.92 Å². The lowest BCUT2D eigenvalue weighted by Gasteiger charge is -2.19. The number of aryl methyl sites for hydroxylation is 1. The van der Waals surface area contributed by atoms with Gasteiger partial charge in [-0.05, 0) is 31.2 Å². The summed E-state index contributed by atoms with van der Waals surface area (Å²) in [4.78, 5) is 0.366. The van der Waals surface area contributed by atoms with Gasteiger partial charge in [0.15, 0.2) is 0 Å². The molecular weight excluding hydrogens is 296 g/mol. The molecule has 1 aromatic heterocycles. The molecule has 1 aromatic rings. The molecule has 0 amide bonds. The molecule has 114 valence electrons. The number of sulfonamides is 1. The summed E-state index contributed by atoms with van der Waals surface area (Å²) < 4.78 is 28.8. The zero-order valence-electron chi connectivity index (χ0n) is 12.2.